The van der Waals surface area contributed by atoms with Crippen molar-refractivity contribution in [3.8, 4) is 0 Å². The monoisotopic (exact) mass is 565 g/mol. The lowest BCUT2D eigenvalue weighted by Gasteiger charge is -2.37. The van der Waals surface area contributed by atoms with Crippen molar-refractivity contribution in [3.63, 3.8) is 0 Å². The number of aliphatic hydroxyl groups is 2. The SMILES string of the molecule is CC(C)(C)C[C@H]1N[C@@H](C(=O)NCCC(CO)CO)[C@H](c2cccc(Cl)c2)[C@@]12C(=O)Nc1cc(Cl)c(F)cc12. The molecule has 0 saturated carbocycles. The maximum absolute atomic E-state index is 14.9. The van der Waals surface area contributed by atoms with Crippen LogP contribution in [0.5, 0.6) is 0 Å². The van der Waals surface area contributed by atoms with Crippen molar-refractivity contribution in [2.45, 2.75) is 57.0 Å². The van der Waals surface area contributed by atoms with Crippen LogP contribution in [0.3, 0.4) is 0 Å². The van der Waals surface area contributed by atoms with Gasteiger partial charge in [-0.1, -0.05) is 56.1 Å². The summed E-state index contributed by atoms with van der Waals surface area (Å²) < 4.78 is 14.9. The van der Waals surface area contributed by atoms with Gasteiger partial charge in [-0.05, 0) is 53.6 Å². The first kappa shape index (κ1) is 28.8. The van der Waals surface area contributed by atoms with Crippen LogP contribution in [0.15, 0.2) is 36.4 Å². The third-order valence-corrected chi connectivity index (χ3v) is 8.08. The topological polar surface area (TPSA) is 111 Å². The molecule has 0 radical (unpaired) electrons. The number of hydrogen-bond donors (Lipinski definition) is 5. The van der Waals surface area contributed by atoms with Gasteiger partial charge in [0.1, 0.15) is 11.2 Å². The fourth-order valence-electron chi connectivity index (χ4n) is 5.88. The third-order valence-electron chi connectivity index (χ3n) is 7.56. The van der Waals surface area contributed by atoms with E-state index >= 15 is 0 Å². The van der Waals surface area contributed by atoms with Gasteiger partial charge in [-0.15, -0.1) is 0 Å². The molecule has 7 nitrogen and oxygen atoms in total. The fraction of sp³-hybridized carbons (Fsp3) is 0.500. The van der Waals surface area contributed by atoms with Crippen molar-refractivity contribution in [2.75, 3.05) is 25.1 Å². The Morgan fingerprint density at radius 1 is 1.18 bits per heavy atom. The lowest BCUT2D eigenvalue weighted by molar-refractivity contribution is -0.124. The van der Waals surface area contributed by atoms with Gasteiger partial charge in [0, 0.05) is 48.3 Å². The number of carbonyl (C=O) groups is 2. The summed E-state index contributed by atoms with van der Waals surface area (Å²) in [6.45, 7) is 5.98. The highest BCUT2D eigenvalue weighted by molar-refractivity contribution is 6.31. The summed E-state index contributed by atoms with van der Waals surface area (Å²) >= 11 is 12.5. The number of anilines is 1. The van der Waals surface area contributed by atoms with Gasteiger partial charge in [-0.25, -0.2) is 4.39 Å². The molecule has 0 aliphatic carbocycles. The van der Waals surface area contributed by atoms with Crippen LogP contribution >= 0.6 is 23.2 Å². The van der Waals surface area contributed by atoms with Gasteiger partial charge >= 0.3 is 0 Å². The van der Waals surface area contributed by atoms with E-state index in [0.29, 0.717) is 34.7 Å². The molecular weight excluding hydrogens is 532 g/mol. The highest BCUT2D eigenvalue weighted by atomic mass is 35.5. The first-order valence-electron chi connectivity index (χ1n) is 12.7. The zero-order valence-corrected chi connectivity index (χ0v) is 23.2. The molecule has 2 aromatic rings. The molecule has 206 valence electrons. The molecule has 5 N–H and O–H groups in total. The molecule has 2 heterocycles. The second kappa shape index (κ2) is 11.1. The number of aliphatic hydroxyl groups excluding tert-OH is 2. The molecule has 1 saturated heterocycles. The van der Waals surface area contributed by atoms with Gasteiger partial charge < -0.3 is 26.2 Å². The van der Waals surface area contributed by atoms with E-state index in [2.05, 4.69) is 16.0 Å². The van der Waals surface area contributed by atoms with Crippen molar-refractivity contribution in [3.05, 3.63) is 63.4 Å². The molecule has 10 heteroatoms. The van der Waals surface area contributed by atoms with E-state index in [4.69, 9.17) is 23.2 Å². The molecule has 38 heavy (non-hydrogen) atoms. The van der Waals surface area contributed by atoms with Gasteiger partial charge in [0.15, 0.2) is 0 Å². The molecule has 4 rings (SSSR count). The predicted molar refractivity (Wildman–Crippen MR) is 146 cm³/mol. The number of carbonyl (C=O) groups excluding carboxylic acids is 2. The summed E-state index contributed by atoms with van der Waals surface area (Å²) in [6, 6.07) is 8.39. The Morgan fingerprint density at radius 2 is 1.89 bits per heavy atom. The summed E-state index contributed by atoms with van der Waals surface area (Å²) in [6.07, 6.45) is 0.902. The molecule has 2 aliphatic heterocycles. The number of amides is 2. The highest BCUT2D eigenvalue weighted by Gasteiger charge is 2.65. The van der Waals surface area contributed by atoms with Crippen LogP contribution < -0.4 is 16.0 Å². The third kappa shape index (κ3) is 5.29. The fourth-order valence-corrected chi connectivity index (χ4v) is 6.25. The van der Waals surface area contributed by atoms with E-state index in [9.17, 15) is 24.2 Å². The van der Waals surface area contributed by atoms with Gasteiger partial charge in [-0.3, -0.25) is 9.59 Å². The molecule has 0 aromatic heterocycles. The maximum Gasteiger partial charge on any atom is 0.237 e. The van der Waals surface area contributed by atoms with E-state index in [0.717, 1.165) is 0 Å². The average molecular weight is 567 g/mol. The van der Waals surface area contributed by atoms with E-state index < -0.39 is 29.2 Å². The lowest BCUT2D eigenvalue weighted by Crippen LogP contribution is -2.49. The van der Waals surface area contributed by atoms with Crippen molar-refractivity contribution in [2.24, 2.45) is 11.3 Å². The normalized spacial score (nSPS) is 24.7. The Labute approximate surface area is 232 Å². The highest BCUT2D eigenvalue weighted by Crippen LogP contribution is 2.57. The molecule has 1 spiro atoms. The van der Waals surface area contributed by atoms with Gasteiger partial charge in [-0.2, -0.15) is 0 Å². The number of fused-ring (bicyclic) bond motifs is 2. The van der Waals surface area contributed by atoms with E-state index in [1.807, 2.05) is 26.8 Å². The molecule has 2 amide bonds. The van der Waals surface area contributed by atoms with Crippen LogP contribution in [-0.2, 0) is 15.0 Å². The first-order valence-corrected chi connectivity index (χ1v) is 13.5. The smallest absolute Gasteiger partial charge is 0.237 e. The summed E-state index contributed by atoms with van der Waals surface area (Å²) in [4.78, 5) is 27.8. The zero-order valence-electron chi connectivity index (χ0n) is 21.7. The lowest BCUT2D eigenvalue weighted by atomic mass is 9.62. The van der Waals surface area contributed by atoms with Crippen LogP contribution in [0.4, 0.5) is 10.1 Å². The van der Waals surface area contributed by atoms with Crippen molar-refractivity contribution < 1.29 is 24.2 Å². The minimum Gasteiger partial charge on any atom is -0.396 e. The van der Waals surface area contributed by atoms with Gasteiger partial charge in [0.05, 0.1) is 11.1 Å². The van der Waals surface area contributed by atoms with Gasteiger partial charge in [0.2, 0.25) is 11.8 Å². The second-order valence-electron chi connectivity index (χ2n) is 11.4. The largest absolute Gasteiger partial charge is 0.396 e. The number of nitrogens with one attached hydrogen (secondary N) is 3. The minimum absolute atomic E-state index is 0.102. The summed E-state index contributed by atoms with van der Waals surface area (Å²) in [5.74, 6) is -2.39. The molecule has 4 atom stereocenters. The van der Waals surface area contributed by atoms with Crippen LogP contribution in [-0.4, -0.2) is 53.9 Å². The maximum atomic E-state index is 14.9. The predicted octanol–water partition coefficient (Wildman–Crippen LogP) is 3.99. The van der Waals surface area contributed by atoms with Crippen molar-refractivity contribution in [1.29, 1.82) is 0 Å². The molecule has 0 bridgehead atoms. The average Bonchev–Trinajstić information content (AvgIpc) is 3.31. The van der Waals surface area contributed by atoms with Crippen LogP contribution in [0.1, 0.15) is 50.7 Å². The zero-order chi connectivity index (χ0) is 27.8. The Bertz CT molecular complexity index is 1220. The molecule has 1 fully saturated rings. The van der Waals surface area contributed by atoms with E-state index in [1.165, 1.54) is 12.1 Å². The molecule has 2 aromatic carbocycles. The number of hydrogen-bond acceptors (Lipinski definition) is 5. The van der Waals surface area contributed by atoms with Crippen molar-refractivity contribution in [1.82, 2.24) is 10.6 Å². The van der Waals surface area contributed by atoms with Crippen LogP contribution in [0.2, 0.25) is 10.0 Å². The van der Waals surface area contributed by atoms with Crippen molar-refractivity contribution >= 4 is 40.7 Å². The number of halogens is 3. The Morgan fingerprint density at radius 3 is 2.53 bits per heavy atom. The summed E-state index contributed by atoms with van der Waals surface area (Å²) in [5.41, 5.74) is -0.0165. The minimum atomic E-state index is -1.32. The van der Waals surface area contributed by atoms with Crippen LogP contribution in [0.25, 0.3) is 0 Å². The second-order valence-corrected chi connectivity index (χ2v) is 12.3. The standard InChI is InChI=1S/C28H34Cl2FN3O4/c1-27(2,3)12-22-28(18-10-20(31)19(30)11-21(18)33-26(28)38)23(16-5-4-6-17(29)9-16)24(34-22)25(37)32-8-7-15(13-35)14-36/h4-6,9-11,15,22-24,34-36H,7-8,12-14H2,1-3H3,(H,32,37)(H,33,38)/t22-,23+,24-,28+/m1/s1. The first-order chi connectivity index (χ1) is 17.9. The van der Waals surface area contributed by atoms with E-state index in [1.54, 1.807) is 18.2 Å². The summed E-state index contributed by atoms with van der Waals surface area (Å²) in [5, 5.41) is 28.4. The number of benzene rings is 2. The Balaban J connectivity index is 1.86. The molecule has 2 aliphatic rings. The Hall–Kier alpha value is -2.23. The van der Waals surface area contributed by atoms with Gasteiger partial charge in [0.25, 0.3) is 0 Å². The summed E-state index contributed by atoms with van der Waals surface area (Å²) in [7, 11) is 0. The number of rotatable bonds is 8. The Kier molecular flexibility index (Phi) is 8.40. The van der Waals surface area contributed by atoms with E-state index in [-0.39, 0.29) is 47.9 Å². The van der Waals surface area contributed by atoms with Crippen LogP contribution in [0, 0.1) is 17.2 Å². The molecule has 0 unspecified atom stereocenters. The molecular formula is C28H34Cl2FN3O4. The quantitative estimate of drug-likeness (QED) is 0.332.